The quantitative estimate of drug-likeness (QED) is 0.155. The number of carbonyl (C=O) groups is 3. The van der Waals surface area contributed by atoms with Gasteiger partial charge in [0.25, 0.3) is 0 Å². The van der Waals surface area contributed by atoms with Crippen molar-refractivity contribution < 1.29 is 32.6 Å². The summed E-state index contributed by atoms with van der Waals surface area (Å²) < 4.78 is 33.3. The highest BCUT2D eigenvalue weighted by Crippen LogP contribution is 2.39. The summed E-state index contributed by atoms with van der Waals surface area (Å²) in [4.78, 5) is 39.5. The number of anilines is 1. The number of aliphatic imine (C=N–C) groups is 1. The van der Waals surface area contributed by atoms with Gasteiger partial charge < -0.3 is 20.9 Å². The number of thiophene rings is 1. The summed E-state index contributed by atoms with van der Waals surface area (Å²) in [5.74, 6) is -1.70. The van der Waals surface area contributed by atoms with Crippen molar-refractivity contribution in [1.82, 2.24) is 0 Å². The largest absolute Gasteiger partial charge is 0.481 e. The molecule has 10 nitrogen and oxygen atoms in total. The van der Waals surface area contributed by atoms with Gasteiger partial charge in [0.15, 0.2) is 0 Å². The molecule has 3 aromatic rings. The average Bonchev–Trinajstić information content (AvgIpc) is 3.32. The maximum absolute atomic E-state index is 13.8. The Morgan fingerprint density at radius 2 is 1.78 bits per heavy atom. The molecule has 0 aliphatic heterocycles. The number of aryl methyl sites for hydroxylation is 1. The molecule has 1 aromatic heterocycles. The van der Waals surface area contributed by atoms with Gasteiger partial charge in [-0.1, -0.05) is 24.3 Å². The van der Waals surface area contributed by atoms with Crippen molar-refractivity contribution >= 4 is 62.4 Å². The molecule has 0 aliphatic carbocycles. The number of carboxylic acids is 1. The van der Waals surface area contributed by atoms with Crippen molar-refractivity contribution in [2.75, 3.05) is 11.6 Å². The molecule has 4 N–H and O–H groups in total. The number of amidine groups is 1. The number of thioether (sulfide) groups is 1. The van der Waals surface area contributed by atoms with Gasteiger partial charge in [0.05, 0.1) is 25.3 Å². The van der Waals surface area contributed by atoms with Crippen molar-refractivity contribution in [3.63, 3.8) is 0 Å². The van der Waals surface area contributed by atoms with E-state index >= 15 is 0 Å². The van der Waals surface area contributed by atoms with Crippen molar-refractivity contribution in [3.8, 4) is 11.1 Å². The standard InChI is InChI=1S/C28H31N3O7S3/c1-16-8-6-11-19(30-22(32)12-13-23(33)34)24(16)17-9-7-10-18(14-17)41(36,37)21-15-20(40-26(21)39-5)25(29)31-27(35)38-28(2,3)4/h6-11,14-15H,12-13H2,1-5H3,(H,30,32)(H,33,34)(H2,29,31,35). The second-order valence-corrected chi connectivity index (χ2v) is 14.0. The smallest absolute Gasteiger partial charge is 0.436 e. The lowest BCUT2D eigenvalue weighted by Crippen LogP contribution is -2.24. The van der Waals surface area contributed by atoms with E-state index in [9.17, 15) is 22.8 Å². The van der Waals surface area contributed by atoms with Crippen LogP contribution in [0.5, 0.6) is 0 Å². The fourth-order valence-electron chi connectivity index (χ4n) is 3.79. The van der Waals surface area contributed by atoms with Crippen molar-refractivity contribution in [2.45, 2.75) is 60.1 Å². The van der Waals surface area contributed by atoms with Gasteiger partial charge in [0, 0.05) is 17.7 Å². The Hall–Kier alpha value is -3.68. The third kappa shape index (κ3) is 8.18. The van der Waals surface area contributed by atoms with E-state index in [0.717, 1.165) is 16.9 Å². The molecule has 0 atom stereocenters. The van der Waals surface area contributed by atoms with Crippen molar-refractivity contribution in [1.29, 1.82) is 0 Å². The Labute approximate surface area is 246 Å². The molecule has 0 radical (unpaired) electrons. The van der Waals surface area contributed by atoms with Crippen LogP contribution in [0.25, 0.3) is 11.1 Å². The van der Waals surface area contributed by atoms with E-state index in [1.165, 1.54) is 30.0 Å². The maximum atomic E-state index is 13.8. The molecule has 2 amide bonds. The minimum atomic E-state index is -4.04. The van der Waals surface area contributed by atoms with Gasteiger partial charge in [0.1, 0.15) is 11.4 Å². The minimum absolute atomic E-state index is 0.0173. The molecule has 0 saturated heterocycles. The Balaban J connectivity index is 2.01. The van der Waals surface area contributed by atoms with Crippen LogP contribution in [0, 0.1) is 6.92 Å². The van der Waals surface area contributed by atoms with Gasteiger partial charge in [-0.3, -0.25) is 9.59 Å². The average molecular weight is 618 g/mol. The summed E-state index contributed by atoms with van der Waals surface area (Å²) in [7, 11) is -4.04. The van der Waals surface area contributed by atoms with Crippen LogP contribution in [0.4, 0.5) is 10.5 Å². The number of benzene rings is 2. The van der Waals surface area contributed by atoms with Crippen LogP contribution in [0.1, 0.15) is 44.1 Å². The highest BCUT2D eigenvalue weighted by atomic mass is 32.2. The SMILES string of the molecule is CSc1sc(C(N)=NC(=O)OC(C)(C)C)cc1S(=O)(=O)c1cccc(-c2c(C)cccc2NC(=O)CCC(=O)O)c1. The zero-order valence-electron chi connectivity index (χ0n) is 23.2. The van der Waals surface area contributed by atoms with E-state index in [4.69, 9.17) is 15.6 Å². The van der Waals surface area contributed by atoms with Crippen molar-refractivity contribution in [2.24, 2.45) is 10.7 Å². The summed E-state index contributed by atoms with van der Waals surface area (Å²) in [6, 6.07) is 13.0. The molecule has 0 spiro atoms. The second-order valence-electron chi connectivity index (χ2n) is 9.91. The molecular weight excluding hydrogens is 587 g/mol. The van der Waals surface area contributed by atoms with E-state index < -0.39 is 33.4 Å². The number of nitrogens with two attached hydrogens (primary N) is 1. The fraction of sp³-hybridized carbons (Fsp3) is 0.286. The zero-order chi connectivity index (χ0) is 30.5. The Morgan fingerprint density at radius 1 is 1.10 bits per heavy atom. The second kappa shape index (κ2) is 12.9. The van der Waals surface area contributed by atoms with Crippen LogP contribution < -0.4 is 11.1 Å². The van der Waals surface area contributed by atoms with E-state index in [1.54, 1.807) is 51.3 Å². The molecule has 0 fully saturated rings. The van der Waals surface area contributed by atoms with Crippen LogP contribution in [-0.4, -0.2) is 49.2 Å². The van der Waals surface area contributed by atoms with Crippen LogP contribution in [0.15, 0.2) is 67.5 Å². The van der Waals surface area contributed by atoms with E-state index in [1.807, 2.05) is 13.0 Å². The third-order valence-corrected chi connectivity index (χ3v) is 9.87. The fourth-order valence-corrected chi connectivity index (χ4v) is 7.73. The van der Waals surface area contributed by atoms with Gasteiger partial charge in [-0.25, -0.2) is 13.2 Å². The lowest BCUT2D eigenvalue weighted by Gasteiger charge is -2.17. The molecule has 0 unspecified atom stereocenters. The number of ether oxygens (including phenoxy) is 1. The van der Waals surface area contributed by atoms with Crippen LogP contribution in [0.3, 0.4) is 0 Å². The number of amides is 2. The topological polar surface area (TPSA) is 165 Å². The molecular formula is C28H31N3O7S3. The van der Waals surface area contributed by atoms with Crippen LogP contribution >= 0.6 is 23.1 Å². The third-order valence-electron chi connectivity index (χ3n) is 5.54. The number of hydrogen-bond acceptors (Lipinski definition) is 8. The number of nitrogens with one attached hydrogen (secondary N) is 1. The number of carbonyl (C=O) groups excluding carboxylic acids is 2. The first kappa shape index (κ1) is 31.8. The molecule has 0 bridgehead atoms. The molecule has 0 saturated carbocycles. The summed E-state index contributed by atoms with van der Waals surface area (Å²) in [5.41, 5.74) is 7.64. The zero-order valence-corrected chi connectivity index (χ0v) is 25.6. The molecule has 3 rings (SSSR count). The van der Waals surface area contributed by atoms with Crippen LogP contribution in [0.2, 0.25) is 0 Å². The Kier molecular flexibility index (Phi) is 10.0. The number of carboxylic acid groups (broad SMARTS) is 1. The molecule has 2 aromatic carbocycles. The maximum Gasteiger partial charge on any atom is 0.436 e. The minimum Gasteiger partial charge on any atom is -0.481 e. The van der Waals surface area contributed by atoms with Gasteiger partial charge in [-0.05, 0) is 69.3 Å². The normalized spacial score (nSPS) is 12.2. The summed E-state index contributed by atoms with van der Waals surface area (Å²) >= 11 is 2.33. The number of nitrogens with zero attached hydrogens (tertiary/aromatic N) is 1. The monoisotopic (exact) mass is 617 g/mol. The Bertz CT molecular complexity index is 1620. The van der Waals surface area contributed by atoms with Gasteiger partial charge >= 0.3 is 12.1 Å². The van der Waals surface area contributed by atoms with E-state index in [-0.39, 0.29) is 28.5 Å². The first-order valence-corrected chi connectivity index (χ1v) is 15.9. The first-order chi connectivity index (χ1) is 19.1. The van der Waals surface area contributed by atoms with E-state index in [2.05, 4.69) is 10.3 Å². The first-order valence-electron chi connectivity index (χ1n) is 12.3. The number of aliphatic carboxylic acids is 1. The summed E-state index contributed by atoms with van der Waals surface area (Å²) in [5, 5.41) is 11.6. The number of hydrogen-bond donors (Lipinski definition) is 3. The van der Waals surface area contributed by atoms with Gasteiger partial charge in [-0.15, -0.1) is 23.1 Å². The molecule has 218 valence electrons. The number of rotatable bonds is 9. The Morgan fingerprint density at radius 3 is 2.41 bits per heavy atom. The predicted octanol–water partition coefficient (Wildman–Crippen LogP) is 5.72. The lowest BCUT2D eigenvalue weighted by atomic mass is 9.98. The highest BCUT2D eigenvalue weighted by molar-refractivity contribution is 8.01. The summed E-state index contributed by atoms with van der Waals surface area (Å²) in [6.45, 7) is 6.91. The molecule has 41 heavy (non-hydrogen) atoms. The van der Waals surface area contributed by atoms with Crippen molar-refractivity contribution in [3.05, 3.63) is 59.0 Å². The molecule has 13 heteroatoms. The van der Waals surface area contributed by atoms with Gasteiger partial charge in [-0.2, -0.15) is 4.99 Å². The summed E-state index contributed by atoms with van der Waals surface area (Å²) in [6.07, 6.45) is 0.345. The van der Waals surface area contributed by atoms with Crippen LogP contribution in [-0.2, 0) is 24.2 Å². The molecule has 1 heterocycles. The lowest BCUT2D eigenvalue weighted by molar-refractivity contribution is -0.138. The predicted molar refractivity (Wildman–Crippen MR) is 161 cm³/mol. The highest BCUT2D eigenvalue weighted by Gasteiger charge is 2.26. The van der Waals surface area contributed by atoms with Gasteiger partial charge in [0.2, 0.25) is 15.7 Å². The van der Waals surface area contributed by atoms with E-state index in [0.29, 0.717) is 25.9 Å². The molecule has 0 aliphatic rings. The number of sulfone groups is 1.